The quantitative estimate of drug-likeness (QED) is 0.196. The molecule has 4 aromatic carbocycles. The molecule has 3 aliphatic rings. The molecule has 0 aliphatic heterocycles. The lowest BCUT2D eigenvalue weighted by Crippen LogP contribution is -2.03. The van der Waals surface area contributed by atoms with Crippen molar-refractivity contribution in [2.45, 2.75) is 45.4 Å². The third kappa shape index (κ3) is 4.31. The lowest BCUT2D eigenvalue weighted by atomic mass is 9.90. The van der Waals surface area contributed by atoms with Crippen molar-refractivity contribution in [3.8, 4) is 11.1 Å². The Bertz CT molecular complexity index is 2370. The van der Waals surface area contributed by atoms with Crippen molar-refractivity contribution in [2.24, 2.45) is 0 Å². The number of aromatic nitrogens is 2. The van der Waals surface area contributed by atoms with Crippen molar-refractivity contribution in [1.82, 2.24) is 9.13 Å². The summed E-state index contributed by atoms with van der Waals surface area (Å²) in [6.45, 7) is 2.21. The summed E-state index contributed by atoms with van der Waals surface area (Å²) >= 11 is 0. The van der Waals surface area contributed by atoms with Gasteiger partial charge >= 0.3 is 0 Å². The van der Waals surface area contributed by atoms with E-state index >= 15 is 0 Å². The van der Waals surface area contributed by atoms with E-state index in [1.807, 2.05) is 0 Å². The minimum Gasteiger partial charge on any atom is -0.313 e. The van der Waals surface area contributed by atoms with Crippen LogP contribution in [-0.4, -0.2) is 9.13 Å². The van der Waals surface area contributed by atoms with Crippen LogP contribution in [0.4, 0.5) is 0 Å². The number of hydrogen-bond donors (Lipinski definition) is 0. The van der Waals surface area contributed by atoms with Crippen molar-refractivity contribution < 1.29 is 0 Å². The molecule has 45 heavy (non-hydrogen) atoms. The minimum atomic E-state index is 1.05. The molecule has 0 saturated carbocycles. The van der Waals surface area contributed by atoms with Gasteiger partial charge in [0, 0.05) is 32.9 Å². The molecule has 0 atom stereocenters. The second kappa shape index (κ2) is 10.5. The Balaban J connectivity index is 1.17. The normalized spacial score (nSPS) is 17.0. The molecule has 9 rings (SSSR count). The van der Waals surface area contributed by atoms with E-state index in [9.17, 15) is 0 Å². The molecule has 0 fully saturated rings. The number of hydrogen-bond acceptors (Lipinski definition) is 0. The van der Waals surface area contributed by atoms with Crippen molar-refractivity contribution in [2.75, 3.05) is 0 Å². The number of allylic oxidation sites excluding steroid dienone is 12. The molecular formula is C43H36N2. The van der Waals surface area contributed by atoms with Gasteiger partial charge in [-0.1, -0.05) is 84.5 Å². The second-order valence-electron chi connectivity index (χ2n) is 12.8. The highest BCUT2D eigenvalue weighted by Crippen LogP contribution is 2.40. The summed E-state index contributed by atoms with van der Waals surface area (Å²) in [6, 6.07) is 31.9. The molecule has 0 amide bonds. The largest absolute Gasteiger partial charge is 0.313 e. The van der Waals surface area contributed by atoms with E-state index in [4.69, 9.17) is 0 Å². The lowest BCUT2D eigenvalue weighted by molar-refractivity contribution is 0.885. The van der Waals surface area contributed by atoms with E-state index < -0.39 is 0 Å². The van der Waals surface area contributed by atoms with Gasteiger partial charge in [0.15, 0.2) is 0 Å². The van der Waals surface area contributed by atoms with Crippen molar-refractivity contribution in [3.05, 3.63) is 144 Å². The van der Waals surface area contributed by atoms with Crippen LogP contribution in [-0.2, 0) is 0 Å². The molecule has 2 aromatic heterocycles. The van der Waals surface area contributed by atoms with Crippen molar-refractivity contribution in [1.29, 1.82) is 0 Å². The first kappa shape index (κ1) is 26.3. The first-order valence-corrected chi connectivity index (χ1v) is 16.4. The molecule has 218 valence electrons. The Morgan fingerprint density at radius 2 is 1.13 bits per heavy atom. The van der Waals surface area contributed by atoms with Gasteiger partial charge < -0.3 is 9.13 Å². The fraction of sp³-hybridized carbons (Fsp3) is 0.163. The molecule has 6 aromatic rings. The first-order chi connectivity index (χ1) is 22.2. The van der Waals surface area contributed by atoms with Gasteiger partial charge in [-0.2, -0.15) is 0 Å². The SMILES string of the molecule is CC1=CCCC(n2c3ccccc3c3cc(-c4ccc5c(c4)c4ccccc4n5C4=CC=C(C5=CC=CCC5)CC4)ccc32)=C1. The van der Waals surface area contributed by atoms with E-state index in [2.05, 4.69) is 144 Å². The zero-order chi connectivity index (χ0) is 29.9. The fourth-order valence-electron chi connectivity index (χ4n) is 7.89. The molecule has 2 nitrogen and oxygen atoms in total. The molecular weight excluding hydrogens is 544 g/mol. The van der Waals surface area contributed by atoms with Crippen LogP contribution in [0.3, 0.4) is 0 Å². The average molecular weight is 581 g/mol. The Morgan fingerprint density at radius 1 is 0.511 bits per heavy atom. The molecule has 0 unspecified atom stereocenters. The number of fused-ring (bicyclic) bond motifs is 6. The topological polar surface area (TPSA) is 9.86 Å². The predicted octanol–water partition coefficient (Wildman–Crippen LogP) is 12.0. The van der Waals surface area contributed by atoms with Crippen LogP contribution in [0.5, 0.6) is 0 Å². The minimum absolute atomic E-state index is 1.05. The fourth-order valence-corrected chi connectivity index (χ4v) is 7.89. The van der Waals surface area contributed by atoms with E-state index in [0.29, 0.717) is 0 Å². The third-order valence-corrected chi connectivity index (χ3v) is 10.1. The maximum absolute atomic E-state index is 2.50. The van der Waals surface area contributed by atoms with Gasteiger partial charge in [-0.05, 0) is 116 Å². The van der Waals surface area contributed by atoms with Gasteiger partial charge in [-0.15, -0.1) is 0 Å². The second-order valence-corrected chi connectivity index (χ2v) is 12.8. The molecule has 0 bridgehead atoms. The van der Waals surface area contributed by atoms with Gasteiger partial charge in [-0.3, -0.25) is 0 Å². The summed E-state index contributed by atoms with van der Waals surface area (Å²) in [7, 11) is 0. The summed E-state index contributed by atoms with van der Waals surface area (Å²) in [5.41, 5.74) is 14.8. The lowest BCUT2D eigenvalue weighted by Gasteiger charge is -2.20. The highest BCUT2D eigenvalue weighted by Gasteiger charge is 2.19. The molecule has 0 spiro atoms. The van der Waals surface area contributed by atoms with Gasteiger partial charge in [0.25, 0.3) is 0 Å². The molecule has 2 heteroatoms. The van der Waals surface area contributed by atoms with E-state index in [1.165, 1.54) is 82.9 Å². The monoisotopic (exact) mass is 580 g/mol. The van der Waals surface area contributed by atoms with E-state index in [-0.39, 0.29) is 0 Å². The van der Waals surface area contributed by atoms with Gasteiger partial charge in [0.05, 0.1) is 22.1 Å². The zero-order valence-corrected chi connectivity index (χ0v) is 25.8. The summed E-state index contributed by atoms with van der Waals surface area (Å²) in [5.74, 6) is 0. The van der Waals surface area contributed by atoms with Gasteiger partial charge in [0.2, 0.25) is 0 Å². The maximum atomic E-state index is 2.50. The van der Waals surface area contributed by atoms with E-state index in [0.717, 1.165) is 38.5 Å². The number of rotatable bonds is 4. The molecule has 2 heterocycles. The third-order valence-electron chi connectivity index (χ3n) is 10.1. The number of nitrogens with zero attached hydrogens (tertiary/aromatic N) is 2. The number of para-hydroxylation sites is 2. The Morgan fingerprint density at radius 3 is 1.73 bits per heavy atom. The van der Waals surface area contributed by atoms with Gasteiger partial charge in [0.1, 0.15) is 0 Å². The molecule has 0 saturated heterocycles. The smallest absolute Gasteiger partial charge is 0.0538 e. The summed E-state index contributed by atoms with van der Waals surface area (Å²) in [5, 5.41) is 5.26. The first-order valence-electron chi connectivity index (χ1n) is 16.4. The van der Waals surface area contributed by atoms with Crippen molar-refractivity contribution in [3.63, 3.8) is 0 Å². The van der Waals surface area contributed by atoms with Crippen LogP contribution in [0.15, 0.2) is 144 Å². The van der Waals surface area contributed by atoms with Crippen LogP contribution in [0.2, 0.25) is 0 Å². The Hall–Kier alpha value is -5.08. The van der Waals surface area contributed by atoms with Crippen LogP contribution in [0, 0.1) is 0 Å². The summed E-state index contributed by atoms with van der Waals surface area (Å²) < 4.78 is 4.99. The number of benzene rings is 4. The summed E-state index contributed by atoms with van der Waals surface area (Å²) in [4.78, 5) is 0. The van der Waals surface area contributed by atoms with Crippen molar-refractivity contribution >= 4 is 55.0 Å². The van der Waals surface area contributed by atoms with Crippen LogP contribution in [0.1, 0.15) is 45.4 Å². The standard InChI is InChI=1S/C43H36N2/c1-29-10-9-13-35(26-29)45-41-17-8-6-15-37(41)39-28-33(21-25-43(39)45)32-20-24-42-38(27-32)36-14-5-7-16-40(36)44(42)34-22-18-31(19-23-34)30-11-3-2-4-12-30/h2-3,5-8,10-11,14-18,20-22,24-28H,4,9,12-13,19,23H2,1H3. The van der Waals surface area contributed by atoms with Crippen LogP contribution >= 0.6 is 0 Å². The summed E-state index contributed by atoms with van der Waals surface area (Å²) in [6.07, 6.45) is 22.8. The van der Waals surface area contributed by atoms with Crippen LogP contribution < -0.4 is 0 Å². The highest BCUT2D eigenvalue weighted by molar-refractivity contribution is 6.13. The molecule has 0 radical (unpaired) electrons. The average Bonchev–Trinajstić information content (AvgIpc) is 3.61. The Kier molecular flexibility index (Phi) is 6.16. The maximum Gasteiger partial charge on any atom is 0.0538 e. The molecule has 3 aliphatic carbocycles. The Labute approximate surface area is 264 Å². The molecule has 0 N–H and O–H groups in total. The predicted molar refractivity (Wildman–Crippen MR) is 193 cm³/mol. The highest BCUT2D eigenvalue weighted by atomic mass is 15.0. The van der Waals surface area contributed by atoms with Gasteiger partial charge in [-0.25, -0.2) is 0 Å². The van der Waals surface area contributed by atoms with Crippen LogP contribution in [0.25, 0.3) is 66.1 Å². The zero-order valence-electron chi connectivity index (χ0n) is 25.8. The van der Waals surface area contributed by atoms with E-state index in [1.54, 1.807) is 0 Å².